The summed E-state index contributed by atoms with van der Waals surface area (Å²) >= 11 is 5.90. The van der Waals surface area contributed by atoms with Crippen molar-refractivity contribution >= 4 is 17.6 Å². The molecule has 0 atom stereocenters. The summed E-state index contributed by atoms with van der Waals surface area (Å²) in [4.78, 5) is 13.9. The molecule has 1 rings (SSSR count). The maximum atomic E-state index is 11.7. The van der Waals surface area contributed by atoms with Gasteiger partial charge in [0.1, 0.15) is 6.61 Å². The summed E-state index contributed by atoms with van der Waals surface area (Å²) in [6.45, 7) is 7.23. The first-order chi connectivity index (χ1) is 8.19. The van der Waals surface area contributed by atoms with Crippen molar-refractivity contribution in [2.75, 3.05) is 26.2 Å². The van der Waals surface area contributed by atoms with Gasteiger partial charge in [0.2, 0.25) is 0 Å². The van der Waals surface area contributed by atoms with Gasteiger partial charge >= 0.3 is 5.97 Å². The highest BCUT2D eigenvalue weighted by atomic mass is 35.5. The van der Waals surface area contributed by atoms with Crippen LogP contribution in [0.2, 0.25) is 5.02 Å². The third-order valence-electron chi connectivity index (χ3n) is 2.63. The molecule has 4 heteroatoms. The Morgan fingerprint density at radius 3 is 2.53 bits per heavy atom. The summed E-state index contributed by atoms with van der Waals surface area (Å²) in [5, 5.41) is 0.431. The Morgan fingerprint density at radius 1 is 1.29 bits per heavy atom. The van der Waals surface area contributed by atoms with E-state index in [1.165, 1.54) is 0 Å². The quantitative estimate of drug-likeness (QED) is 0.732. The largest absolute Gasteiger partial charge is 0.461 e. The summed E-state index contributed by atoms with van der Waals surface area (Å²) in [5.41, 5.74) is 0.425. The maximum Gasteiger partial charge on any atom is 0.339 e. The number of rotatable bonds is 6. The van der Waals surface area contributed by atoms with Crippen molar-refractivity contribution in [1.29, 1.82) is 0 Å². The zero-order valence-electron chi connectivity index (χ0n) is 10.3. The molecule has 0 bridgehead atoms. The van der Waals surface area contributed by atoms with E-state index in [1.807, 2.05) is 0 Å². The van der Waals surface area contributed by atoms with Crippen molar-refractivity contribution in [1.82, 2.24) is 4.90 Å². The number of halogens is 1. The van der Waals surface area contributed by atoms with E-state index in [2.05, 4.69) is 18.7 Å². The van der Waals surface area contributed by atoms with E-state index in [0.717, 1.165) is 19.6 Å². The number of likely N-dealkylation sites (N-methyl/N-ethyl adjacent to an activating group) is 1. The molecule has 0 aliphatic rings. The van der Waals surface area contributed by atoms with Crippen LogP contribution < -0.4 is 0 Å². The Bertz CT molecular complexity index is 364. The minimum Gasteiger partial charge on any atom is -0.461 e. The smallest absolute Gasteiger partial charge is 0.339 e. The number of benzene rings is 1. The van der Waals surface area contributed by atoms with Crippen LogP contribution in [-0.2, 0) is 4.74 Å². The van der Waals surface area contributed by atoms with Gasteiger partial charge in [-0.25, -0.2) is 4.79 Å². The van der Waals surface area contributed by atoms with Gasteiger partial charge in [0, 0.05) is 6.54 Å². The summed E-state index contributed by atoms with van der Waals surface area (Å²) in [5.74, 6) is -0.359. The van der Waals surface area contributed by atoms with Crippen molar-refractivity contribution in [3.63, 3.8) is 0 Å². The number of ether oxygens (including phenoxy) is 1. The first-order valence-electron chi connectivity index (χ1n) is 5.83. The van der Waals surface area contributed by atoms with Gasteiger partial charge < -0.3 is 9.64 Å². The fraction of sp³-hybridized carbons (Fsp3) is 0.462. The first-order valence-corrected chi connectivity index (χ1v) is 6.20. The predicted molar refractivity (Wildman–Crippen MR) is 69.5 cm³/mol. The molecule has 0 saturated carbocycles. The average Bonchev–Trinajstić information content (AvgIpc) is 2.35. The van der Waals surface area contributed by atoms with Gasteiger partial charge in [-0.15, -0.1) is 0 Å². The van der Waals surface area contributed by atoms with E-state index in [-0.39, 0.29) is 5.97 Å². The zero-order valence-corrected chi connectivity index (χ0v) is 11.0. The summed E-state index contributed by atoms with van der Waals surface area (Å²) in [6, 6.07) is 6.91. The van der Waals surface area contributed by atoms with Crippen LogP contribution in [0.4, 0.5) is 0 Å². The highest BCUT2D eigenvalue weighted by Gasteiger charge is 2.11. The summed E-state index contributed by atoms with van der Waals surface area (Å²) in [7, 11) is 0. The molecule has 0 radical (unpaired) electrons. The molecule has 0 amide bonds. The molecule has 0 aliphatic heterocycles. The van der Waals surface area contributed by atoms with Crippen LogP contribution in [0, 0.1) is 0 Å². The Morgan fingerprint density at radius 2 is 1.94 bits per heavy atom. The predicted octanol–water partition coefficient (Wildman–Crippen LogP) is 2.84. The van der Waals surface area contributed by atoms with E-state index in [4.69, 9.17) is 16.3 Å². The molecular formula is C13H18ClNO2. The molecule has 0 unspecified atom stereocenters. The van der Waals surface area contributed by atoms with Crippen LogP contribution in [0.5, 0.6) is 0 Å². The molecule has 1 aromatic carbocycles. The minimum absolute atomic E-state index is 0.359. The molecule has 0 aromatic heterocycles. The Labute approximate surface area is 107 Å². The van der Waals surface area contributed by atoms with Crippen molar-refractivity contribution in [3.05, 3.63) is 34.9 Å². The lowest BCUT2D eigenvalue weighted by molar-refractivity contribution is 0.0466. The SMILES string of the molecule is CCN(CC)CCOC(=O)c1ccccc1Cl. The highest BCUT2D eigenvalue weighted by molar-refractivity contribution is 6.33. The number of hydrogen-bond donors (Lipinski definition) is 0. The fourth-order valence-electron chi connectivity index (χ4n) is 1.51. The van der Waals surface area contributed by atoms with E-state index in [1.54, 1.807) is 24.3 Å². The molecule has 0 heterocycles. The molecule has 94 valence electrons. The number of esters is 1. The number of nitrogens with zero attached hydrogens (tertiary/aromatic N) is 1. The first kappa shape index (κ1) is 14.0. The standard InChI is InChI=1S/C13H18ClNO2/c1-3-15(4-2)9-10-17-13(16)11-7-5-6-8-12(11)14/h5-8H,3-4,9-10H2,1-2H3. The van der Waals surface area contributed by atoms with E-state index in [9.17, 15) is 4.79 Å². The maximum absolute atomic E-state index is 11.7. The summed E-state index contributed by atoms with van der Waals surface area (Å²) in [6.07, 6.45) is 0. The van der Waals surface area contributed by atoms with E-state index >= 15 is 0 Å². The number of carbonyl (C=O) groups is 1. The monoisotopic (exact) mass is 255 g/mol. The molecule has 0 fully saturated rings. The fourth-order valence-corrected chi connectivity index (χ4v) is 1.72. The molecule has 0 saturated heterocycles. The molecular weight excluding hydrogens is 238 g/mol. The van der Waals surface area contributed by atoms with Gasteiger partial charge in [0.15, 0.2) is 0 Å². The van der Waals surface area contributed by atoms with Crippen molar-refractivity contribution < 1.29 is 9.53 Å². The van der Waals surface area contributed by atoms with E-state index in [0.29, 0.717) is 17.2 Å². The van der Waals surface area contributed by atoms with Gasteiger partial charge in [-0.1, -0.05) is 37.6 Å². The molecule has 17 heavy (non-hydrogen) atoms. The van der Waals surface area contributed by atoms with Crippen LogP contribution >= 0.6 is 11.6 Å². The molecule has 0 N–H and O–H groups in total. The van der Waals surface area contributed by atoms with Gasteiger partial charge in [0.25, 0.3) is 0 Å². The van der Waals surface area contributed by atoms with Gasteiger partial charge in [-0.2, -0.15) is 0 Å². The molecule has 1 aromatic rings. The normalized spacial score (nSPS) is 10.6. The Hall–Kier alpha value is -1.06. The number of hydrogen-bond acceptors (Lipinski definition) is 3. The van der Waals surface area contributed by atoms with Gasteiger partial charge in [-0.05, 0) is 25.2 Å². The molecule has 0 spiro atoms. The van der Waals surface area contributed by atoms with Crippen LogP contribution in [0.1, 0.15) is 24.2 Å². The van der Waals surface area contributed by atoms with Crippen molar-refractivity contribution in [2.45, 2.75) is 13.8 Å². The Kier molecular flexibility index (Phi) is 6.01. The van der Waals surface area contributed by atoms with E-state index < -0.39 is 0 Å². The highest BCUT2D eigenvalue weighted by Crippen LogP contribution is 2.15. The minimum atomic E-state index is -0.359. The topological polar surface area (TPSA) is 29.5 Å². The lowest BCUT2D eigenvalue weighted by Crippen LogP contribution is -2.27. The lowest BCUT2D eigenvalue weighted by Gasteiger charge is -2.17. The van der Waals surface area contributed by atoms with Crippen LogP contribution in [-0.4, -0.2) is 37.1 Å². The van der Waals surface area contributed by atoms with Crippen LogP contribution in [0.15, 0.2) is 24.3 Å². The van der Waals surface area contributed by atoms with Crippen LogP contribution in [0.25, 0.3) is 0 Å². The Balaban J connectivity index is 2.43. The lowest BCUT2D eigenvalue weighted by atomic mass is 10.2. The summed E-state index contributed by atoms with van der Waals surface area (Å²) < 4.78 is 5.18. The second kappa shape index (κ2) is 7.30. The van der Waals surface area contributed by atoms with Gasteiger partial charge in [0.05, 0.1) is 10.6 Å². The van der Waals surface area contributed by atoms with Crippen LogP contribution in [0.3, 0.4) is 0 Å². The van der Waals surface area contributed by atoms with Crippen molar-refractivity contribution in [3.8, 4) is 0 Å². The molecule has 0 aliphatic carbocycles. The second-order valence-corrected chi connectivity index (χ2v) is 4.05. The third-order valence-corrected chi connectivity index (χ3v) is 2.96. The third kappa shape index (κ3) is 4.36. The second-order valence-electron chi connectivity index (χ2n) is 3.64. The zero-order chi connectivity index (χ0) is 12.7. The molecule has 3 nitrogen and oxygen atoms in total. The number of carbonyl (C=O) groups excluding carboxylic acids is 1. The van der Waals surface area contributed by atoms with Crippen molar-refractivity contribution in [2.24, 2.45) is 0 Å². The van der Waals surface area contributed by atoms with Gasteiger partial charge in [-0.3, -0.25) is 0 Å². The average molecular weight is 256 g/mol.